The first kappa shape index (κ1) is 17.0. The summed E-state index contributed by atoms with van der Waals surface area (Å²) in [6.07, 6.45) is -4.24. The number of carbonyl (C=O) groups is 1. The van der Waals surface area contributed by atoms with Gasteiger partial charge in [-0.1, -0.05) is 13.8 Å². The molecule has 0 spiro atoms. The van der Waals surface area contributed by atoms with E-state index in [1.807, 2.05) is 13.8 Å². The van der Waals surface area contributed by atoms with E-state index in [0.29, 0.717) is 6.42 Å². The van der Waals surface area contributed by atoms with E-state index < -0.39 is 29.3 Å². The summed E-state index contributed by atoms with van der Waals surface area (Å²) in [4.78, 5) is 11.8. The van der Waals surface area contributed by atoms with Gasteiger partial charge in [0, 0.05) is 5.69 Å². The van der Waals surface area contributed by atoms with E-state index in [4.69, 9.17) is 11.0 Å². The zero-order chi connectivity index (χ0) is 16.2. The van der Waals surface area contributed by atoms with Gasteiger partial charge in [0.1, 0.15) is 0 Å². The molecule has 1 rings (SSSR count). The molecule has 3 N–H and O–H groups in total. The van der Waals surface area contributed by atoms with Gasteiger partial charge in [0.25, 0.3) is 0 Å². The number of halogens is 3. The summed E-state index contributed by atoms with van der Waals surface area (Å²) in [5, 5.41) is 11.0. The third-order valence-corrected chi connectivity index (χ3v) is 2.78. The summed E-state index contributed by atoms with van der Waals surface area (Å²) in [6, 6.07) is 3.68. The minimum Gasteiger partial charge on any atom is -0.325 e. The highest BCUT2D eigenvalue weighted by atomic mass is 19.4. The first-order valence-corrected chi connectivity index (χ1v) is 6.33. The Kier molecular flexibility index (Phi) is 5.33. The second-order valence-corrected chi connectivity index (χ2v) is 5.10. The molecule has 0 aromatic heterocycles. The van der Waals surface area contributed by atoms with Crippen molar-refractivity contribution in [3.8, 4) is 6.07 Å². The highest BCUT2D eigenvalue weighted by Crippen LogP contribution is 2.33. The van der Waals surface area contributed by atoms with E-state index >= 15 is 0 Å². The predicted octanol–water partition coefficient (Wildman–Crippen LogP) is 2.89. The van der Waals surface area contributed by atoms with Gasteiger partial charge in [0.05, 0.1) is 23.2 Å². The molecule has 0 heterocycles. The van der Waals surface area contributed by atoms with Crippen LogP contribution in [0.25, 0.3) is 0 Å². The monoisotopic (exact) mass is 299 g/mol. The third-order valence-electron chi connectivity index (χ3n) is 2.78. The van der Waals surface area contributed by atoms with Crippen LogP contribution in [0.15, 0.2) is 18.2 Å². The molecule has 0 fully saturated rings. The fourth-order valence-electron chi connectivity index (χ4n) is 1.80. The Morgan fingerprint density at radius 2 is 2.05 bits per heavy atom. The number of hydrogen-bond acceptors (Lipinski definition) is 3. The maximum absolute atomic E-state index is 12.8. The van der Waals surface area contributed by atoms with Crippen molar-refractivity contribution in [2.45, 2.75) is 32.5 Å². The van der Waals surface area contributed by atoms with Crippen molar-refractivity contribution < 1.29 is 18.0 Å². The molecule has 1 aromatic carbocycles. The molecule has 0 aliphatic heterocycles. The lowest BCUT2D eigenvalue weighted by Crippen LogP contribution is -2.36. The molecule has 0 bridgehead atoms. The van der Waals surface area contributed by atoms with Crippen LogP contribution >= 0.6 is 0 Å². The Labute approximate surface area is 120 Å². The first-order valence-electron chi connectivity index (χ1n) is 6.33. The summed E-state index contributed by atoms with van der Waals surface area (Å²) >= 11 is 0. The number of benzene rings is 1. The predicted molar refractivity (Wildman–Crippen MR) is 72.2 cm³/mol. The van der Waals surface area contributed by atoms with Gasteiger partial charge in [0.15, 0.2) is 0 Å². The molecule has 21 heavy (non-hydrogen) atoms. The smallest absolute Gasteiger partial charge is 0.325 e. The SMILES string of the molecule is CC(C)C[C@@H](N)C(=O)Nc1ccc(C#N)c(C(F)(F)F)c1. The van der Waals surface area contributed by atoms with Gasteiger partial charge in [-0.25, -0.2) is 0 Å². The average molecular weight is 299 g/mol. The van der Waals surface area contributed by atoms with Crippen LogP contribution < -0.4 is 11.1 Å². The van der Waals surface area contributed by atoms with Gasteiger partial charge in [-0.15, -0.1) is 0 Å². The minimum absolute atomic E-state index is 0.0365. The Balaban J connectivity index is 2.96. The molecule has 4 nitrogen and oxygen atoms in total. The molecule has 0 saturated heterocycles. The highest BCUT2D eigenvalue weighted by Gasteiger charge is 2.34. The van der Waals surface area contributed by atoms with E-state index in [1.165, 1.54) is 12.1 Å². The molecule has 0 saturated carbocycles. The number of hydrogen-bond donors (Lipinski definition) is 2. The van der Waals surface area contributed by atoms with Crippen molar-refractivity contribution in [2.75, 3.05) is 5.32 Å². The molecule has 1 aromatic rings. The van der Waals surface area contributed by atoms with E-state index in [-0.39, 0.29) is 11.6 Å². The molecule has 0 radical (unpaired) electrons. The Bertz CT molecular complexity index is 562. The van der Waals surface area contributed by atoms with Crippen molar-refractivity contribution >= 4 is 11.6 Å². The van der Waals surface area contributed by atoms with E-state index in [9.17, 15) is 18.0 Å². The Morgan fingerprint density at radius 1 is 1.43 bits per heavy atom. The van der Waals surface area contributed by atoms with Gasteiger partial charge < -0.3 is 11.1 Å². The Hall–Kier alpha value is -2.07. The van der Waals surface area contributed by atoms with Crippen LogP contribution in [0.2, 0.25) is 0 Å². The molecule has 1 amide bonds. The molecule has 114 valence electrons. The third kappa shape index (κ3) is 4.76. The number of nitrogens with two attached hydrogens (primary N) is 1. The summed E-state index contributed by atoms with van der Waals surface area (Å²) < 4.78 is 38.4. The van der Waals surface area contributed by atoms with Crippen molar-refractivity contribution in [1.82, 2.24) is 0 Å². The standard InChI is InChI=1S/C14H16F3N3O/c1-8(2)5-12(19)13(21)20-10-4-3-9(7-18)11(6-10)14(15,16)17/h3-4,6,8,12H,5,19H2,1-2H3,(H,20,21)/t12-/m1/s1. The van der Waals surface area contributed by atoms with Crippen LogP contribution in [0.4, 0.5) is 18.9 Å². The first-order chi connectivity index (χ1) is 9.65. The summed E-state index contributed by atoms with van der Waals surface area (Å²) in [6.45, 7) is 3.77. The molecule has 7 heteroatoms. The number of amides is 1. The number of alkyl halides is 3. The van der Waals surface area contributed by atoms with Crippen LogP contribution in [0.5, 0.6) is 0 Å². The van der Waals surface area contributed by atoms with Crippen LogP contribution in [0, 0.1) is 17.2 Å². The molecule has 1 atom stereocenters. The fraction of sp³-hybridized carbons (Fsp3) is 0.429. The van der Waals surface area contributed by atoms with Crippen molar-refractivity contribution in [1.29, 1.82) is 5.26 Å². The zero-order valence-corrected chi connectivity index (χ0v) is 11.7. The molecule has 0 unspecified atom stereocenters. The topological polar surface area (TPSA) is 78.9 Å². The maximum atomic E-state index is 12.8. The molecule has 0 aliphatic rings. The summed E-state index contributed by atoms with van der Waals surface area (Å²) in [5.41, 5.74) is 4.05. The van der Waals surface area contributed by atoms with Gasteiger partial charge in [0.2, 0.25) is 5.91 Å². The Morgan fingerprint density at radius 3 is 2.52 bits per heavy atom. The van der Waals surface area contributed by atoms with Crippen LogP contribution in [-0.2, 0) is 11.0 Å². The average Bonchev–Trinajstić information content (AvgIpc) is 2.36. The van der Waals surface area contributed by atoms with Gasteiger partial charge in [-0.2, -0.15) is 18.4 Å². The number of nitriles is 1. The number of nitrogens with one attached hydrogen (secondary N) is 1. The number of rotatable bonds is 4. The van der Waals surface area contributed by atoms with Gasteiger partial charge >= 0.3 is 6.18 Å². The quantitative estimate of drug-likeness (QED) is 0.897. The lowest BCUT2D eigenvalue weighted by atomic mass is 10.0. The van der Waals surface area contributed by atoms with Gasteiger partial charge in [-0.05, 0) is 30.5 Å². The zero-order valence-electron chi connectivity index (χ0n) is 11.7. The van der Waals surface area contributed by atoms with E-state index in [2.05, 4.69) is 5.32 Å². The maximum Gasteiger partial charge on any atom is 0.417 e. The second kappa shape index (κ2) is 6.59. The van der Waals surface area contributed by atoms with E-state index in [0.717, 1.165) is 12.1 Å². The van der Waals surface area contributed by atoms with Crippen molar-refractivity contribution in [3.63, 3.8) is 0 Å². The van der Waals surface area contributed by atoms with Gasteiger partial charge in [-0.3, -0.25) is 4.79 Å². The minimum atomic E-state index is -4.66. The van der Waals surface area contributed by atoms with Crippen LogP contribution in [0.1, 0.15) is 31.4 Å². The van der Waals surface area contributed by atoms with Crippen LogP contribution in [0.3, 0.4) is 0 Å². The lowest BCUT2D eigenvalue weighted by molar-refractivity contribution is -0.137. The molecular weight excluding hydrogens is 283 g/mol. The van der Waals surface area contributed by atoms with Crippen molar-refractivity contribution in [3.05, 3.63) is 29.3 Å². The number of anilines is 1. The number of carbonyl (C=O) groups excluding carboxylic acids is 1. The van der Waals surface area contributed by atoms with Crippen LogP contribution in [-0.4, -0.2) is 11.9 Å². The van der Waals surface area contributed by atoms with E-state index in [1.54, 1.807) is 0 Å². The normalized spacial score (nSPS) is 12.9. The summed E-state index contributed by atoms with van der Waals surface area (Å²) in [5.74, 6) is -0.362. The fourth-order valence-corrected chi connectivity index (χ4v) is 1.80. The number of nitrogens with zero attached hydrogens (tertiary/aromatic N) is 1. The largest absolute Gasteiger partial charge is 0.417 e. The molecule has 0 aliphatic carbocycles. The second-order valence-electron chi connectivity index (χ2n) is 5.10. The summed E-state index contributed by atoms with van der Waals surface area (Å²) in [7, 11) is 0. The lowest BCUT2D eigenvalue weighted by Gasteiger charge is -2.15. The molecular formula is C14H16F3N3O. The van der Waals surface area contributed by atoms with Crippen molar-refractivity contribution in [2.24, 2.45) is 11.7 Å². The highest BCUT2D eigenvalue weighted by molar-refractivity contribution is 5.94.